The van der Waals surface area contributed by atoms with E-state index in [0.29, 0.717) is 5.92 Å². The van der Waals surface area contributed by atoms with Crippen LogP contribution in [0, 0.1) is 5.82 Å². The van der Waals surface area contributed by atoms with Crippen LogP contribution in [0.1, 0.15) is 62.4 Å². The molecule has 1 N–H and O–H groups in total. The number of hydrogen-bond acceptors (Lipinski definition) is 1. The predicted molar refractivity (Wildman–Crippen MR) is 86.9 cm³/mol. The molecule has 2 aromatic rings. The smallest absolute Gasteiger partial charge is 0.123 e. The molecule has 0 saturated heterocycles. The molecule has 1 unspecified atom stereocenters. The van der Waals surface area contributed by atoms with Crippen molar-refractivity contribution >= 4 is 0 Å². The second-order valence-electron chi connectivity index (χ2n) is 5.99. The summed E-state index contributed by atoms with van der Waals surface area (Å²) in [7, 11) is 0. The molecule has 2 atom stereocenters. The Kier molecular flexibility index (Phi) is 5.13. The lowest BCUT2D eigenvalue weighted by Crippen LogP contribution is -2.22. The van der Waals surface area contributed by atoms with E-state index < -0.39 is 0 Å². The third-order valence-electron chi connectivity index (χ3n) is 3.95. The fourth-order valence-corrected chi connectivity index (χ4v) is 2.51. The summed E-state index contributed by atoms with van der Waals surface area (Å²) in [6.07, 6.45) is 0. The maximum atomic E-state index is 13.3. The highest BCUT2D eigenvalue weighted by Gasteiger charge is 2.12. The molecule has 0 radical (unpaired) electrons. The maximum Gasteiger partial charge on any atom is 0.123 e. The van der Waals surface area contributed by atoms with Crippen LogP contribution < -0.4 is 5.32 Å². The molecule has 0 fully saturated rings. The third-order valence-corrected chi connectivity index (χ3v) is 3.95. The topological polar surface area (TPSA) is 12.0 Å². The first-order valence-corrected chi connectivity index (χ1v) is 7.58. The Balaban J connectivity index is 2.05. The van der Waals surface area contributed by atoms with Crippen LogP contribution >= 0.6 is 0 Å². The molecule has 112 valence electrons. The molecule has 1 nitrogen and oxygen atoms in total. The molecule has 0 aliphatic rings. The standard InChI is InChI=1S/C19H24FN/c1-13(2)16-8-10-17(11-9-16)14(3)21-15(4)18-6-5-7-19(20)12-18/h5-15,21H,1-4H3/t14?,15-/m0/s1. The van der Waals surface area contributed by atoms with Crippen LogP contribution in [0.3, 0.4) is 0 Å². The van der Waals surface area contributed by atoms with E-state index in [-0.39, 0.29) is 17.9 Å². The van der Waals surface area contributed by atoms with Crippen LogP contribution in [0.2, 0.25) is 0 Å². The zero-order valence-corrected chi connectivity index (χ0v) is 13.2. The summed E-state index contributed by atoms with van der Waals surface area (Å²) in [6, 6.07) is 15.8. The summed E-state index contributed by atoms with van der Waals surface area (Å²) in [5.74, 6) is 0.364. The van der Waals surface area contributed by atoms with Crippen LogP contribution in [0.5, 0.6) is 0 Å². The van der Waals surface area contributed by atoms with Gasteiger partial charge in [-0.05, 0) is 48.6 Å². The van der Waals surface area contributed by atoms with Crippen molar-refractivity contribution in [3.8, 4) is 0 Å². The van der Waals surface area contributed by atoms with E-state index in [0.717, 1.165) is 5.56 Å². The highest BCUT2D eigenvalue weighted by atomic mass is 19.1. The van der Waals surface area contributed by atoms with E-state index >= 15 is 0 Å². The van der Waals surface area contributed by atoms with Gasteiger partial charge in [0.2, 0.25) is 0 Å². The number of rotatable bonds is 5. The predicted octanol–water partition coefficient (Wildman–Crippen LogP) is 5.36. The van der Waals surface area contributed by atoms with Gasteiger partial charge in [-0.25, -0.2) is 4.39 Å². The maximum absolute atomic E-state index is 13.3. The second-order valence-corrected chi connectivity index (χ2v) is 5.99. The minimum atomic E-state index is -0.185. The molecule has 2 heteroatoms. The average Bonchev–Trinajstić information content (AvgIpc) is 2.47. The van der Waals surface area contributed by atoms with E-state index in [2.05, 4.69) is 57.3 Å². The molecule has 0 amide bonds. The van der Waals surface area contributed by atoms with Crippen LogP contribution in [0.15, 0.2) is 48.5 Å². The normalized spacial score (nSPS) is 14.2. The second kappa shape index (κ2) is 6.86. The van der Waals surface area contributed by atoms with Crippen LogP contribution in [0.4, 0.5) is 4.39 Å². The van der Waals surface area contributed by atoms with Gasteiger partial charge in [0, 0.05) is 12.1 Å². The Morgan fingerprint density at radius 1 is 0.762 bits per heavy atom. The zero-order chi connectivity index (χ0) is 15.4. The van der Waals surface area contributed by atoms with Crippen molar-refractivity contribution in [1.82, 2.24) is 5.32 Å². The fraction of sp³-hybridized carbons (Fsp3) is 0.368. The van der Waals surface area contributed by atoms with E-state index in [1.807, 2.05) is 6.07 Å². The lowest BCUT2D eigenvalue weighted by atomic mass is 9.99. The summed E-state index contributed by atoms with van der Waals surface area (Å²) >= 11 is 0. The quantitative estimate of drug-likeness (QED) is 0.779. The molecule has 0 spiro atoms. The van der Waals surface area contributed by atoms with Crippen molar-refractivity contribution in [2.24, 2.45) is 0 Å². The molecule has 0 aromatic heterocycles. The highest BCUT2D eigenvalue weighted by Crippen LogP contribution is 2.22. The number of nitrogens with one attached hydrogen (secondary N) is 1. The first-order valence-electron chi connectivity index (χ1n) is 7.58. The van der Waals surface area contributed by atoms with Gasteiger partial charge in [0.05, 0.1) is 0 Å². The van der Waals surface area contributed by atoms with Gasteiger partial charge < -0.3 is 5.32 Å². The van der Waals surface area contributed by atoms with Gasteiger partial charge >= 0.3 is 0 Å². The van der Waals surface area contributed by atoms with Gasteiger partial charge in [0.15, 0.2) is 0 Å². The minimum Gasteiger partial charge on any atom is -0.304 e. The van der Waals surface area contributed by atoms with Crippen molar-refractivity contribution in [2.75, 3.05) is 0 Å². The van der Waals surface area contributed by atoms with Gasteiger partial charge in [-0.1, -0.05) is 50.2 Å². The third kappa shape index (κ3) is 4.15. The summed E-state index contributed by atoms with van der Waals surface area (Å²) in [5.41, 5.74) is 3.58. The van der Waals surface area contributed by atoms with E-state index in [1.165, 1.54) is 17.2 Å². The molecule has 0 aliphatic carbocycles. The summed E-state index contributed by atoms with van der Waals surface area (Å²) in [6.45, 7) is 8.60. The largest absolute Gasteiger partial charge is 0.304 e. The first kappa shape index (κ1) is 15.7. The first-order chi connectivity index (χ1) is 9.97. The van der Waals surface area contributed by atoms with Gasteiger partial charge in [-0.3, -0.25) is 0 Å². The average molecular weight is 285 g/mol. The Morgan fingerprint density at radius 3 is 1.90 bits per heavy atom. The number of benzene rings is 2. The summed E-state index contributed by atoms with van der Waals surface area (Å²) < 4.78 is 13.3. The number of hydrogen-bond donors (Lipinski definition) is 1. The lowest BCUT2D eigenvalue weighted by molar-refractivity contribution is 0.492. The van der Waals surface area contributed by atoms with Crippen LogP contribution in [-0.4, -0.2) is 0 Å². The van der Waals surface area contributed by atoms with Crippen molar-refractivity contribution in [3.63, 3.8) is 0 Å². The van der Waals surface area contributed by atoms with E-state index in [4.69, 9.17) is 0 Å². The van der Waals surface area contributed by atoms with Crippen molar-refractivity contribution < 1.29 is 4.39 Å². The Morgan fingerprint density at radius 2 is 1.33 bits per heavy atom. The van der Waals surface area contributed by atoms with Crippen LogP contribution in [-0.2, 0) is 0 Å². The molecule has 0 saturated carbocycles. The van der Waals surface area contributed by atoms with Crippen LogP contribution in [0.25, 0.3) is 0 Å². The lowest BCUT2D eigenvalue weighted by Gasteiger charge is -2.21. The van der Waals surface area contributed by atoms with Gasteiger partial charge in [0.25, 0.3) is 0 Å². The Bertz CT molecular complexity index is 574. The molecular weight excluding hydrogens is 261 g/mol. The van der Waals surface area contributed by atoms with Gasteiger partial charge in [-0.15, -0.1) is 0 Å². The van der Waals surface area contributed by atoms with Gasteiger partial charge in [0.1, 0.15) is 5.82 Å². The van der Waals surface area contributed by atoms with Crippen molar-refractivity contribution in [2.45, 2.75) is 45.7 Å². The Hall–Kier alpha value is -1.67. The molecular formula is C19H24FN. The zero-order valence-electron chi connectivity index (χ0n) is 13.2. The molecule has 2 aromatic carbocycles. The van der Waals surface area contributed by atoms with Crippen molar-refractivity contribution in [1.29, 1.82) is 0 Å². The monoisotopic (exact) mass is 285 g/mol. The molecule has 2 rings (SSSR count). The molecule has 0 aliphatic heterocycles. The minimum absolute atomic E-state index is 0.112. The van der Waals surface area contributed by atoms with Crippen molar-refractivity contribution in [3.05, 3.63) is 71.0 Å². The van der Waals surface area contributed by atoms with Gasteiger partial charge in [-0.2, -0.15) is 0 Å². The Labute approximate surface area is 127 Å². The summed E-state index contributed by atoms with van der Waals surface area (Å²) in [5, 5.41) is 3.52. The SMILES string of the molecule is CC(C)c1ccc(C(C)N[C@@H](C)c2cccc(F)c2)cc1. The fourth-order valence-electron chi connectivity index (χ4n) is 2.51. The highest BCUT2D eigenvalue weighted by molar-refractivity contribution is 5.27. The molecule has 0 heterocycles. The number of halogens is 1. The molecule has 21 heavy (non-hydrogen) atoms. The molecule has 0 bridgehead atoms. The van der Waals surface area contributed by atoms with E-state index in [1.54, 1.807) is 12.1 Å². The summed E-state index contributed by atoms with van der Waals surface area (Å²) in [4.78, 5) is 0. The van der Waals surface area contributed by atoms with E-state index in [9.17, 15) is 4.39 Å².